The fourth-order valence-electron chi connectivity index (χ4n) is 2.17. The molecule has 8 heteroatoms. The lowest BCUT2D eigenvalue weighted by molar-refractivity contribution is 0.102. The number of benzene rings is 1. The van der Waals surface area contributed by atoms with Gasteiger partial charge in [-0.2, -0.15) is 4.98 Å². The Morgan fingerprint density at radius 3 is 2.75 bits per heavy atom. The molecule has 2 N–H and O–H groups in total. The van der Waals surface area contributed by atoms with Crippen LogP contribution in [-0.2, 0) is 0 Å². The molecule has 0 aliphatic heterocycles. The lowest BCUT2D eigenvalue weighted by Gasteiger charge is -2.02. The summed E-state index contributed by atoms with van der Waals surface area (Å²) < 4.78 is 4.99. The number of carbonyl (C=O) groups excluding carboxylic acids is 1. The Morgan fingerprint density at radius 2 is 2.04 bits per heavy atom. The number of amides is 1. The Balaban J connectivity index is 1.48. The first-order chi connectivity index (χ1) is 11.8. The summed E-state index contributed by atoms with van der Waals surface area (Å²) in [5.74, 6) is 0.454. The van der Waals surface area contributed by atoms with Gasteiger partial charge in [-0.25, -0.2) is 4.98 Å². The Kier molecular flexibility index (Phi) is 3.64. The molecule has 118 valence electrons. The van der Waals surface area contributed by atoms with Crippen molar-refractivity contribution >= 4 is 23.2 Å². The molecule has 0 unspecified atom stereocenters. The number of carbonyl (C=O) groups is 1. The van der Waals surface area contributed by atoms with Crippen LogP contribution >= 0.6 is 11.3 Å². The Labute approximate surface area is 140 Å². The minimum absolute atomic E-state index is 0.208. The predicted molar refractivity (Wildman–Crippen MR) is 89.6 cm³/mol. The van der Waals surface area contributed by atoms with E-state index in [1.807, 2.05) is 17.5 Å². The number of nitrogens with one attached hydrogen (secondary N) is 2. The van der Waals surface area contributed by atoms with Gasteiger partial charge in [0, 0.05) is 16.5 Å². The highest BCUT2D eigenvalue weighted by molar-refractivity contribution is 7.07. The Morgan fingerprint density at radius 1 is 1.17 bits per heavy atom. The van der Waals surface area contributed by atoms with Crippen LogP contribution in [-0.4, -0.2) is 26.1 Å². The highest BCUT2D eigenvalue weighted by Gasteiger charge is 2.11. The number of rotatable bonds is 4. The molecule has 0 aliphatic carbocycles. The second kappa shape index (κ2) is 6.09. The van der Waals surface area contributed by atoms with Gasteiger partial charge in [0.25, 0.3) is 5.91 Å². The fourth-order valence-corrected chi connectivity index (χ4v) is 2.73. The maximum atomic E-state index is 12.3. The van der Waals surface area contributed by atoms with Crippen LogP contribution < -0.4 is 5.32 Å². The van der Waals surface area contributed by atoms with Gasteiger partial charge in [0.15, 0.2) is 5.82 Å². The summed E-state index contributed by atoms with van der Waals surface area (Å²) in [6, 6.07) is 8.96. The van der Waals surface area contributed by atoms with Gasteiger partial charge in [0.1, 0.15) is 6.26 Å². The van der Waals surface area contributed by atoms with Gasteiger partial charge in [0.05, 0.1) is 23.0 Å². The van der Waals surface area contributed by atoms with Crippen LogP contribution in [0.25, 0.3) is 22.6 Å². The van der Waals surface area contributed by atoms with Crippen molar-refractivity contribution < 1.29 is 9.21 Å². The zero-order valence-electron chi connectivity index (χ0n) is 12.3. The quantitative estimate of drug-likeness (QED) is 0.594. The Hall–Kier alpha value is -3.26. The van der Waals surface area contributed by atoms with Gasteiger partial charge < -0.3 is 4.42 Å². The van der Waals surface area contributed by atoms with Crippen molar-refractivity contribution in [3.8, 4) is 22.6 Å². The number of hydrogen-bond acceptors (Lipinski definition) is 6. The summed E-state index contributed by atoms with van der Waals surface area (Å²) in [6.07, 6.45) is 3.09. The number of thiazole rings is 1. The lowest BCUT2D eigenvalue weighted by Crippen LogP contribution is -2.12. The molecule has 0 atom stereocenters. The number of anilines is 1. The van der Waals surface area contributed by atoms with Gasteiger partial charge in [-0.3, -0.25) is 15.2 Å². The largest absolute Gasteiger partial charge is 0.472 e. The van der Waals surface area contributed by atoms with E-state index in [0.29, 0.717) is 11.4 Å². The normalized spacial score (nSPS) is 10.7. The first kappa shape index (κ1) is 14.3. The van der Waals surface area contributed by atoms with E-state index >= 15 is 0 Å². The van der Waals surface area contributed by atoms with E-state index in [1.54, 1.807) is 36.2 Å². The number of aromatic nitrogens is 4. The van der Waals surface area contributed by atoms with Crippen LogP contribution in [0.2, 0.25) is 0 Å². The van der Waals surface area contributed by atoms with Crippen molar-refractivity contribution in [1.29, 1.82) is 0 Å². The van der Waals surface area contributed by atoms with Crippen molar-refractivity contribution in [2.24, 2.45) is 0 Å². The highest BCUT2D eigenvalue weighted by atomic mass is 32.1. The molecular formula is C16H11N5O2S. The minimum atomic E-state index is -0.280. The summed E-state index contributed by atoms with van der Waals surface area (Å²) in [4.78, 5) is 20.7. The van der Waals surface area contributed by atoms with Crippen molar-refractivity contribution in [2.45, 2.75) is 0 Å². The molecule has 24 heavy (non-hydrogen) atoms. The van der Waals surface area contributed by atoms with Crippen molar-refractivity contribution in [1.82, 2.24) is 20.2 Å². The van der Waals surface area contributed by atoms with Gasteiger partial charge in [-0.05, 0) is 18.2 Å². The number of hydrogen-bond donors (Lipinski definition) is 2. The fraction of sp³-hybridized carbons (Fsp3) is 0. The predicted octanol–water partition coefficient (Wildman–Crippen LogP) is 3.44. The first-order valence-corrected chi connectivity index (χ1v) is 7.99. The highest BCUT2D eigenvalue weighted by Crippen LogP contribution is 2.20. The maximum absolute atomic E-state index is 12.3. The molecule has 1 aromatic carbocycles. The van der Waals surface area contributed by atoms with Crippen molar-refractivity contribution in [2.75, 3.05) is 5.32 Å². The van der Waals surface area contributed by atoms with Gasteiger partial charge in [-0.15, -0.1) is 16.4 Å². The molecule has 1 amide bonds. The van der Waals surface area contributed by atoms with Crippen molar-refractivity contribution in [3.63, 3.8) is 0 Å². The summed E-state index contributed by atoms with van der Waals surface area (Å²) in [5, 5.41) is 11.3. The number of aromatic amines is 1. The second-order valence-electron chi connectivity index (χ2n) is 4.92. The maximum Gasteiger partial charge on any atom is 0.258 e. The van der Waals surface area contributed by atoms with E-state index in [0.717, 1.165) is 16.8 Å². The number of H-pyrrole nitrogens is 1. The van der Waals surface area contributed by atoms with E-state index < -0.39 is 0 Å². The number of furan rings is 1. The smallest absolute Gasteiger partial charge is 0.258 e. The zero-order chi connectivity index (χ0) is 16.4. The van der Waals surface area contributed by atoms with E-state index in [-0.39, 0.29) is 11.9 Å². The van der Waals surface area contributed by atoms with Gasteiger partial charge in [0.2, 0.25) is 5.95 Å². The molecular weight excluding hydrogens is 326 g/mol. The summed E-state index contributed by atoms with van der Waals surface area (Å²) >= 11 is 1.53. The van der Waals surface area contributed by atoms with Crippen LogP contribution in [0, 0.1) is 0 Å². The molecule has 3 aromatic heterocycles. The van der Waals surface area contributed by atoms with E-state index in [9.17, 15) is 4.79 Å². The SMILES string of the molecule is O=C(Nc1n[nH]c(-c2ccoc2)n1)c1ccc(-c2cscn2)cc1. The van der Waals surface area contributed by atoms with E-state index in [1.165, 1.54) is 11.3 Å². The second-order valence-corrected chi connectivity index (χ2v) is 5.64. The molecule has 0 fully saturated rings. The van der Waals surface area contributed by atoms with Crippen LogP contribution in [0.5, 0.6) is 0 Å². The third kappa shape index (κ3) is 2.82. The van der Waals surface area contributed by atoms with Crippen LogP contribution in [0.1, 0.15) is 10.4 Å². The molecule has 0 saturated heterocycles. The molecule has 0 radical (unpaired) electrons. The lowest BCUT2D eigenvalue weighted by atomic mass is 10.1. The first-order valence-electron chi connectivity index (χ1n) is 7.04. The molecule has 0 bridgehead atoms. The van der Waals surface area contributed by atoms with E-state index in [2.05, 4.69) is 25.5 Å². The van der Waals surface area contributed by atoms with E-state index in [4.69, 9.17) is 4.42 Å². The minimum Gasteiger partial charge on any atom is -0.472 e. The topological polar surface area (TPSA) is 96.7 Å². The van der Waals surface area contributed by atoms with Gasteiger partial charge >= 0.3 is 0 Å². The average Bonchev–Trinajstić information content (AvgIpc) is 3.36. The molecule has 0 saturated carbocycles. The molecule has 3 heterocycles. The Bertz CT molecular complexity index is 943. The summed E-state index contributed by atoms with van der Waals surface area (Å²) in [5.41, 5.74) is 4.91. The van der Waals surface area contributed by atoms with Crippen molar-refractivity contribution in [3.05, 3.63) is 59.3 Å². The molecule has 4 aromatic rings. The van der Waals surface area contributed by atoms with Crippen LogP contribution in [0.15, 0.2) is 58.2 Å². The third-order valence-corrected chi connectivity index (χ3v) is 3.97. The molecule has 0 aliphatic rings. The molecule has 4 rings (SSSR count). The zero-order valence-corrected chi connectivity index (χ0v) is 13.1. The summed E-state index contributed by atoms with van der Waals surface area (Å²) in [6.45, 7) is 0. The van der Waals surface area contributed by atoms with Crippen LogP contribution in [0.4, 0.5) is 5.95 Å². The summed E-state index contributed by atoms with van der Waals surface area (Å²) in [7, 11) is 0. The molecule has 7 nitrogen and oxygen atoms in total. The van der Waals surface area contributed by atoms with Gasteiger partial charge in [-0.1, -0.05) is 12.1 Å². The standard InChI is InChI=1S/C16H11N5O2S/c22-15(11-3-1-10(2-4-11)13-8-24-9-17-13)19-16-18-14(20-21-16)12-5-6-23-7-12/h1-9H,(H2,18,19,20,21,22). The third-order valence-electron chi connectivity index (χ3n) is 3.38. The average molecular weight is 337 g/mol. The van der Waals surface area contributed by atoms with Crippen LogP contribution in [0.3, 0.4) is 0 Å². The number of nitrogens with zero attached hydrogens (tertiary/aromatic N) is 3. The molecule has 0 spiro atoms. The monoisotopic (exact) mass is 337 g/mol.